The van der Waals surface area contributed by atoms with E-state index in [1.165, 1.54) is 24.4 Å². The molecule has 11 nitrogen and oxygen atoms in total. The molecule has 0 spiro atoms. The highest BCUT2D eigenvalue weighted by molar-refractivity contribution is 5.99. The van der Waals surface area contributed by atoms with Gasteiger partial charge in [0.25, 0.3) is 5.91 Å². The molecule has 12 heteroatoms. The Morgan fingerprint density at radius 3 is 2.48 bits per heavy atom. The molecule has 4 aromatic rings. The minimum absolute atomic E-state index is 0.218. The van der Waals surface area contributed by atoms with E-state index in [2.05, 4.69) is 20.6 Å². The molecule has 0 saturated carbocycles. The summed E-state index contributed by atoms with van der Waals surface area (Å²) in [5, 5.41) is 15.5. The van der Waals surface area contributed by atoms with E-state index in [1.807, 2.05) is 57.2 Å². The van der Waals surface area contributed by atoms with Gasteiger partial charge < -0.3 is 26.0 Å². The lowest BCUT2D eigenvalue weighted by molar-refractivity contribution is 0.0270. The Morgan fingerprint density at radius 1 is 1.10 bits per heavy atom. The first kappa shape index (κ1) is 33.5. The number of nitrogens with zero attached hydrogens (tertiary/aromatic N) is 5. The molecule has 1 aliphatic rings. The van der Waals surface area contributed by atoms with Crippen LogP contribution in [0.25, 0.3) is 16.8 Å². The van der Waals surface area contributed by atoms with Crippen LogP contribution in [0.15, 0.2) is 73.1 Å². The fourth-order valence-corrected chi connectivity index (χ4v) is 5.08. The fourth-order valence-electron chi connectivity index (χ4n) is 5.08. The van der Waals surface area contributed by atoms with Gasteiger partial charge in [-0.05, 0) is 69.0 Å². The second-order valence-electron chi connectivity index (χ2n) is 12.4. The van der Waals surface area contributed by atoms with Crippen LogP contribution in [-0.4, -0.2) is 50.5 Å². The Hall–Kier alpha value is -5.83. The number of nitriles is 1. The molecule has 1 atom stereocenters. The number of carbonyl (C=O) groups excluding carboxylic acids is 2. The van der Waals surface area contributed by atoms with Gasteiger partial charge in [-0.25, -0.2) is 24.1 Å². The summed E-state index contributed by atoms with van der Waals surface area (Å²) in [7, 11) is 0. The quantitative estimate of drug-likeness (QED) is 0.200. The molecule has 0 aliphatic carbocycles. The first-order valence-corrected chi connectivity index (χ1v) is 15.5. The average molecular weight is 649 g/mol. The van der Waals surface area contributed by atoms with Gasteiger partial charge in [-0.3, -0.25) is 4.79 Å². The topological polar surface area (TPSA) is 159 Å². The summed E-state index contributed by atoms with van der Waals surface area (Å²) in [6.07, 6.45) is 5.18. The molecular formula is C36H37FN8O3. The molecule has 0 bridgehead atoms. The number of anilines is 2. The summed E-state index contributed by atoms with van der Waals surface area (Å²) in [6.45, 7) is 8.54. The molecule has 2 aromatic carbocycles. The standard InChI is InChI=1S/C36H37FN8O3/c1-22(25-9-11-28(37)12-10-25)43-34(46)29-17-24(18-38)20-42-33(29)41-19-23-5-7-26(8-6-23)30-21-40-32(39)31(44-30)27-13-15-45(16-14-27)35(47)48-36(2,3)4/h5-13,17,20-22H,14-16,19H2,1-4H3,(H2,39,40)(H,41,42)(H,43,46)/t22-/m0/s1. The summed E-state index contributed by atoms with van der Waals surface area (Å²) in [5.74, 6) is -0.140. The zero-order chi connectivity index (χ0) is 34.4. The van der Waals surface area contributed by atoms with E-state index in [1.54, 1.807) is 30.2 Å². The lowest BCUT2D eigenvalue weighted by atomic mass is 10.0. The lowest BCUT2D eigenvalue weighted by Gasteiger charge is -2.29. The monoisotopic (exact) mass is 648 g/mol. The number of amides is 2. The number of halogens is 1. The third-order valence-electron chi connectivity index (χ3n) is 7.65. The van der Waals surface area contributed by atoms with Crippen LogP contribution < -0.4 is 16.4 Å². The number of ether oxygens (including phenoxy) is 1. The Bertz CT molecular complexity index is 1880. The number of nitrogens with one attached hydrogen (secondary N) is 2. The smallest absolute Gasteiger partial charge is 0.410 e. The zero-order valence-electron chi connectivity index (χ0n) is 27.3. The van der Waals surface area contributed by atoms with Crippen molar-refractivity contribution in [2.75, 3.05) is 24.1 Å². The predicted molar refractivity (Wildman–Crippen MR) is 181 cm³/mol. The maximum absolute atomic E-state index is 13.4. The van der Waals surface area contributed by atoms with Gasteiger partial charge in [0.2, 0.25) is 0 Å². The molecular weight excluding hydrogens is 611 g/mol. The second kappa shape index (κ2) is 14.3. The Labute approximate surface area is 278 Å². The third kappa shape index (κ3) is 8.30. The van der Waals surface area contributed by atoms with E-state index in [4.69, 9.17) is 15.5 Å². The third-order valence-corrected chi connectivity index (χ3v) is 7.65. The maximum Gasteiger partial charge on any atom is 0.410 e. The van der Waals surface area contributed by atoms with Crippen LogP contribution in [0.2, 0.25) is 0 Å². The fraction of sp³-hybridized carbons (Fsp3) is 0.278. The summed E-state index contributed by atoms with van der Waals surface area (Å²) in [4.78, 5) is 40.9. The summed E-state index contributed by atoms with van der Waals surface area (Å²) < 4.78 is 18.8. The summed E-state index contributed by atoms with van der Waals surface area (Å²) in [6, 6.07) is 16.7. The highest BCUT2D eigenvalue weighted by Gasteiger charge is 2.25. The highest BCUT2D eigenvalue weighted by atomic mass is 19.1. The number of hydrogen-bond acceptors (Lipinski definition) is 9. The van der Waals surface area contributed by atoms with E-state index in [-0.39, 0.29) is 23.0 Å². The molecule has 4 N–H and O–H groups in total. The van der Waals surface area contributed by atoms with Crippen molar-refractivity contribution >= 4 is 29.2 Å². The van der Waals surface area contributed by atoms with Gasteiger partial charge in [0, 0.05) is 31.4 Å². The minimum atomic E-state index is -0.567. The second-order valence-corrected chi connectivity index (χ2v) is 12.4. The molecule has 0 fully saturated rings. The van der Waals surface area contributed by atoms with Crippen molar-refractivity contribution in [2.45, 2.75) is 52.3 Å². The maximum atomic E-state index is 13.4. The van der Waals surface area contributed by atoms with Crippen molar-refractivity contribution in [1.29, 1.82) is 5.26 Å². The van der Waals surface area contributed by atoms with Crippen LogP contribution in [0.5, 0.6) is 0 Å². The predicted octanol–water partition coefficient (Wildman–Crippen LogP) is 6.26. The minimum Gasteiger partial charge on any atom is -0.444 e. The van der Waals surface area contributed by atoms with Crippen LogP contribution in [0.1, 0.15) is 72.9 Å². The summed E-state index contributed by atoms with van der Waals surface area (Å²) in [5.41, 5.74) is 10.8. The zero-order valence-corrected chi connectivity index (χ0v) is 27.3. The molecule has 246 valence electrons. The number of nitrogen functional groups attached to an aromatic ring is 1. The lowest BCUT2D eigenvalue weighted by Crippen LogP contribution is -2.39. The number of carbonyl (C=O) groups is 2. The van der Waals surface area contributed by atoms with Crippen LogP contribution >= 0.6 is 0 Å². The average Bonchev–Trinajstić information content (AvgIpc) is 3.07. The molecule has 2 aromatic heterocycles. The Balaban J connectivity index is 1.26. The van der Waals surface area contributed by atoms with Gasteiger partial charge in [-0.15, -0.1) is 0 Å². The SMILES string of the molecule is C[C@H](NC(=O)c1cc(C#N)cnc1NCc1ccc(-c2cnc(N)c(C3=CCN(C(=O)OC(C)(C)C)CC3)n2)cc1)c1ccc(F)cc1. The van der Waals surface area contributed by atoms with E-state index in [9.17, 15) is 19.2 Å². The molecule has 0 saturated heterocycles. The number of aromatic nitrogens is 3. The number of pyridine rings is 1. The van der Waals surface area contributed by atoms with Crippen LogP contribution in [0, 0.1) is 17.1 Å². The molecule has 2 amide bonds. The van der Waals surface area contributed by atoms with Crippen molar-refractivity contribution in [3.63, 3.8) is 0 Å². The Morgan fingerprint density at radius 2 is 1.83 bits per heavy atom. The van der Waals surface area contributed by atoms with Gasteiger partial charge in [0.1, 0.15) is 34.8 Å². The molecule has 1 aliphatic heterocycles. The van der Waals surface area contributed by atoms with Crippen molar-refractivity contribution in [3.05, 3.63) is 107 Å². The van der Waals surface area contributed by atoms with Crippen molar-refractivity contribution in [2.24, 2.45) is 0 Å². The van der Waals surface area contributed by atoms with Gasteiger partial charge in [0.05, 0.1) is 29.1 Å². The molecule has 0 radical (unpaired) electrons. The Kier molecular flexibility index (Phi) is 9.99. The molecule has 5 rings (SSSR count). The number of hydrogen-bond donors (Lipinski definition) is 3. The normalized spacial score (nSPS) is 13.6. The largest absolute Gasteiger partial charge is 0.444 e. The van der Waals surface area contributed by atoms with E-state index in [0.29, 0.717) is 49.1 Å². The van der Waals surface area contributed by atoms with Crippen LogP contribution in [-0.2, 0) is 11.3 Å². The van der Waals surface area contributed by atoms with Gasteiger partial charge in [-0.1, -0.05) is 42.5 Å². The summed E-state index contributed by atoms with van der Waals surface area (Å²) >= 11 is 0. The van der Waals surface area contributed by atoms with Crippen molar-refractivity contribution in [1.82, 2.24) is 25.2 Å². The van der Waals surface area contributed by atoms with Crippen molar-refractivity contribution in [3.8, 4) is 17.3 Å². The van der Waals surface area contributed by atoms with E-state index >= 15 is 0 Å². The molecule has 0 unspecified atom stereocenters. The number of rotatable bonds is 8. The van der Waals surface area contributed by atoms with Gasteiger partial charge in [-0.2, -0.15) is 5.26 Å². The van der Waals surface area contributed by atoms with Crippen molar-refractivity contribution < 1.29 is 18.7 Å². The molecule has 3 heterocycles. The number of benzene rings is 2. The van der Waals surface area contributed by atoms with Crippen LogP contribution in [0.3, 0.4) is 0 Å². The van der Waals surface area contributed by atoms with E-state index in [0.717, 1.165) is 22.3 Å². The first-order chi connectivity index (χ1) is 22.9. The molecule has 48 heavy (non-hydrogen) atoms. The van der Waals surface area contributed by atoms with Crippen LogP contribution in [0.4, 0.5) is 20.8 Å². The van der Waals surface area contributed by atoms with Gasteiger partial charge >= 0.3 is 6.09 Å². The highest BCUT2D eigenvalue weighted by Crippen LogP contribution is 2.28. The van der Waals surface area contributed by atoms with Gasteiger partial charge in [0.15, 0.2) is 0 Å². The number of nitrogens with two attached hydrogens (primary N) is 1. The first-order valence-electron chi connectivity index (χ1n) is 15.5. The van der Waals surface area contributed by atoms with E-state index < -0.39 is 17.6 Å².